The number of carbonyl (C=O) groups excluding carboxylic acids is 1. The van der Waals surface area contributed by atoms with E-state index < -0.39 is 0 Å². The van der Waals surface area contributed by atoms with Gasteiger partial charge >= 0.3 is 0 Å². The topological polar surface area (TPSA) is 82.8 Å². The fraction of sp³-hybridized carbons (Fsp3) is 0.700. The van der Waals surface area contributed by atoms with Gasteiger partial charge in [0.25, 0.3) is 0 Å². The Balaban J connectivity index is 0.00000392. The number of likely N-dealkylation sites (tertiary alicyclic amines) is 1. The van der Waals surface area contributed by atoms with Crippen molar-refractivity contribution in [3.8, 4) is 0 Å². The molecule has 1 aliphatic rings. The molecule has 0 aromatic carbocycles. The second-order valence-electron chi connectivity index (χ2n) is 7.94. The van der Waals surface area contributed by atoms with E-state index in [1.165, 1.54) is 4.88 Å². The number of halogens is 1. The number of hydrogen-bond donors (Lipinski definition) is 3. The minimum absolute atomic E-state index is 0. The van der Waals surface area contributed by atoms with Crippen molar-refractivity contribution in [3.05, 3.63) is 22.4 Å². The lowest BCUT2D eigenvalue weighted by molar-refractivity contribution is -0.123. The Hall–Kier alpha value is -0.870. The average molecular weight is 522 g/mol. The highest BCUT2D eigenvalue weighted by atomic mass is 127. The van der Waals surface area contributed by atoms with Crippen molar-refractivity contribution in [2.45, 2.75) is 44.9 Å². The van der Waals surface area contributed by atoms with Crippen LogP contribution in [-0.4, -0.2) is 56.5 Å². The SMILES string of the molecule is CN=C(NCCCCN1CCC(C(N)=O)CC1)NCC(C)(C)c1cccs1.I. The number of primary amides is 1. The fourth-order valence-corrected chi connectivity index (χ4v) is 4.24. The van der Waals surface area contributed by atoms with Crippen molar-refractivity contribution in [3.63, 3.8) is 0 Å². The van der Waals surface area contributed by atoms with Crippen LogP contribution in [0.4, 0.5) is 0 Å². The highest BCUT2D eigenvalue weighted by molar-refractivity contribution is 14.0. The third-order valence-corrected chi connectivity index (χ3v) is 6.53. The number of amides is 1. The molecule has 0 aliphatic carbocycles. The number of thiophene rings is 1. The van der Waals surface area contributed by atoms with E-state index in [0.29, 0.717) is 0 Å². The Morgan fingerprint density at radius 3 is 2.61 bits per heavy atom. The van der Waals surface area contributed by atoms with Crippen LogP contribution in [0.1, 0.15) is 44.4 Å². The van der Waals surface area contributed by atoms with Gasteiger partial charge < -0.3 is 21.3 Å². The summed E-state index contributed by atoms with van der Waals surface area (Å²) >= 11 is 1.80. The first-order valence-corrected chi connectivity index (χ1v) is 10.8. The van der Waals surface area contributed by atoms with E-state index in [-0.39, 0.29) is 41.2 Å². The molecule has 1 amide bonds. The van der Waals surface area contributed by atoms with E-state index in [4.69, 9.17) is 5.73 Å². The predicted molar refractivity (Wildman–Crippen MR) is 130 cm³/mol. The summed E-state index contributed by atoms with van der Waals surface area (Å²) in [6.45, 7) is 9.33. The van der Waals surface area contributed by atoms with Crippen molar-refractivity contribution in [1.29, 1.82) is 0 Å². The van der Waals surface area contributed by atoms with Gasteiger partial charge in [-0.1, -0.05) is 19.9 Å². The Bertz CT molecular complexity index is 598. The van der Waals surface area contributed by atoms with E-state index in [9.17, 15) is 4.79 Å². The molecule has 0 spiro atoms. The average Bonchev–Trinajstić information content (AvgIpc) is 3.20. The zero-order valence-electron chi connectivity index (χ0n) is 17.4. The highest BCUT2D eigenvalue weighted by Gasteiger charge is 2.23. The summed E-state index contributed by atoms with van der Waals surface area (Å²) < 4.78 is 0. The molecule has 0 bridgehead atoms. The number of nitrogens with two attached hydrogens (primary N) is 1. The summed E-state index contributed by atoms with van der Waals surface area (Å²) in [5.41, 5.74) is 5.48. The first-order chi connectivity index (χ1) is 12.9. The lowest BCUT2D eigenvalue weighted by Gasteiger charge is -2.30. The minimum Gasteiger partial charge on any atom is -0.369 e. The molecule has 8 heteroatoms. The maximum atomic E-state index is 11.2. The molecule has 4 N–H and O–H groups in total. The molecule has 6 nitrogen and oxygen atoms in total. The summed E-state index contributed by atoms with van der Waals surface area (Å²) in [6, 6.07) is 4.29. The summed E-state index contributed by atoms with van der Waals surface area (Å²) in [6.07, 6.45) is 4.06. The number of rotatable bonds is 9. The number of piperidine rings is 1. The second kappa shape index (κ2) is 12.6. The van der Waals surface area contributed by atoms with Gasteiger partial charge in [0.1, 0.15) is 0 Å². The molecule has 1 aromatic heterocycles. The molecule has 2 rings (SSSR count). The first kappa shape index (κ1) is 25.2. The number of nitrogens with one attached hydrogen (secondary N) is 2. The molecule has 2 heterocycles. The quantitative estimate of drug-likeness (QED) is 0.202. The van der Waals surface area contributed by atoms with Gasteiger partial charge in [-0.3, -0.25) is 9.79 Å². The Labute approximate surface area is 190 Å². The number of nitrogens with zero attached hydrogens (tertiary/aromatic N) is 2. The second-order valence-corrected chi connectivity index (χ2v) is 8.89. The fourth-order valence-electron chi connectivity index (χ4n) is 3.38. The largest absolute Gasteiger partial charge is 0.369 e. The molecule has 1 aromatic rings. The predicted octanol–water partition coefficient (Wildman–Crippen LogP) is 2.79. The zero-order valence-corrected chi connectivity index (χ0v) is 20.5. The highest BCUT2D eigenvalue weighted by Crippen LogP contribution is 2.26. The van der Waals surface area contributed by atoms with Crippen molar-refractivity contribution in [2.75, 3.05) is 39.8 Å². The molecule has 28 heavy (non-hydrogen) atoms. The van der Waals surface area contributed by atoms with Crippen LogP contribution in [0.5, 0.6) is 0 Å². The van der Waals surface area contributed by atoms with Crippen molar-refractivity contribution in [1.82, 2.24) is 15.5 Å². The van der Waals surface area contributed by atoms with E-state index in [1.807, 2.05) is 7.05 Å². The van der Waals surface area contributed by atoms with Gasteiger partial charge in [0.2, 0.25) is 5.91 Å². The molecule has 0 saturated carbocycles. The van der Waals surface area contributed by atoms with Crippen molar-refractivity contribution in [2.24, 2.45) is 16.6 Å². The Morgan fingerprint density at radius 1 is 1.32 bits per heavy atom. The van der Waals surface area contributed by atoms with Gasteiger partial charge in [0.15, 0.2) is 5.96 Å². The standard InChI is InChI=1S/C20H35N5OS.HI/c1-20(2,17-7-6-14-27-17)15-24-19(22-3)23-10-4-5-11-25-12-8-16(9-13-25)18(21)26;/h6-7,14,16H,4-5,8-13,15H2,1-3H3,(H2,21,26)(H2,22,23,24);1H. The number of hydrogen-bond acceptors (Lipinski definition) is 4. The summed E-state index contributed by atoms with van der Waals surface area (Å²) in [5, 5.41) is 8.98. The van der Waals surface area contributed by atoms with Gasteiger partial charge in [0, 0.05) is 36.3 Å². The maximum Gasteiger partial charge on any atom is 0.220 e. The molecule has 1 saturated heterocycles. The Morgan fingerprint density at radius 2 is 2.04 bits per heavy atom. The van der Waals surface area contributed by atoms with E-state index in [2.05, 4.69) is 51.9 Å². The molecular weight excluding hydrogens is 485 g/mol. The van der Waals surface area contributed by atoms with Crippen LogP contribution in [-0.2, 0) is 10.2 Å². The van der Waals surface area contributed by atoms with Crippen LogP contribution in [0.15, 0.2) is 22.5 Å². The van der Waals surface area contributed by atoms with Crippen molar-refractivity contribution < 1.29 is 4.79 Å². The van der Waals surface area contributed by atoms with E-state index in [1.54, 1.807) is 11.3 Å². The molecule has 1 fully saturated rings. The summed E-state index contributed by atoms with van der Waals surface area (Å²) in [5.74, 6) is 0.803. The van der Waals surface area contributed by atoms with E-state index in [0.717, 1.165) is 64.4 Å². The third-order valence-electron chi connectivity index (χ3n) is 5.29. The number of guanidine groups is 1. The van der Waals surface area contributed by atoms with Gasteiger partial charge in [-0.25, -0.2) is 0 Å². The summed E-state index contributed by atoms with van der Waals surface area (Å²) in [7, 11) is 1.82. The van der Waals surface area contributed by atoms with E-state index >= 15 is 0 Å². The van der Waals surface area contributed by atoms with Gasteiger partial charge in [-0.05, 0) is 56.8 Å². The lowest BCUT2D eigenvalue weighted by atomic mass is 9.91. The molecule has 0 atom stereocenters. The molecular formula is C20H36IN5OS. The van der Waals surface area contributed by atoms with Crippen LogP contribution < -0.4 is 16.4 Å². The smallest absolute Gasteiger partial charge is 0.220 e. The van der Waals surface area contributed by atoms with Crippen LogP contribution in [0.2, 0.25) is 0 Å². The molecule has 0 unspecified atom stereocenters. The molecule has 0 radical (unpaired) electrons. The van der Waals surface area contributed by atoms with Crippen LogP contribution in [0.3, 0.4) is 0 Å². The number of carbonyl (C=O) groups is 1. The van der Waals surface area contributed by atoms with Gasteiger partial charge in [-0.2, -0.15) is 0 Å². The lowest BCUT2D eigenvalue weighted by Crippen LogP contribution is -2.43. The Kier molecular flexibility index (Phi) is 11.4. The van der Waals surface area contributed by atoms with Crippen LogP contribution in [0.25, 0.3) is 0 Å². The molecule has 1 aliphatic heterocycles. The minimum atomic E-state index is -0.139. The summed E-state index contributed by atoms with van der Waals surface area (Å²) in [4.78, 5) is 19.4. The van der Waals surface area contributed by atoms with Crippen LogP contribution in [0, 0.1) is 5.92 Å². The first-order valence-electron chi connectivity index (χ1n) is 9.92. The normalized spacial score (nSPS) is 16.5. The number of unbranched alkanes of at least 4 members (excludes halogenated alkanes) is 1. The van der Waals surface area contributed by atoms with Crippen molar-refractivity contribution >= 4 is 47.2 Å². The third kappa shape index (κ3) is 8.24. The van der Waals surface area contributed by atoms with Gasteiger partial charge in [0.05, 0.1) is 0 Å². The maximum absolute atomic E-state index is 11.2. The monoisotopic (exact) mass is 521 g/mol. The van der Waals surface area contributed by atoms with Gasteiger partial charge in [-0.15, -0.1) is 35.3 Å². The van der Waals surface area contributed by atoms with Crippen LogP contribution >= 0.6 is 35.3 Å². The molecule has 160 valence electrons. The number of aliphatic imine (C=N–C) groups is 1. The zero-order chi connectivity index (χ0) is 19.7.